The summed E-state index contributed by atoms with van der Waals surface area (Å²) in [6, 6.07) is 12.7. The first-order valence-electron chi connectivity index (χ1n) is 5.75. The minimum absolute atomic E-state index is 0.919. The highest BCUT2D eigenvalue weighted by molar-refractivity contribution is 6.11. The molecule has 1 aromatic heterocycles. The Hall–Kier alpha value is -2.22. The molecule has 0 amide bonds. The molecule has 0 bridgehead atoms. The lowest BCUT2D eigenvalue weighted by atomic mass is 9.97. The average Bonchev–Trinajstić information content (AvgIpc) is 2.39. The van der Waals surface area contributed by atoms with E-state index in [-0.39, 0.29) is 0 Å². The molecule has 1 aliphatic heterocycles. The maximum atomic E-state index is 4.55. The highest BCUT2D eigenvalue weighted by atomic mass is 14.8. The topological polar surface area (TPSA) is 25.2 Å². The number of aliphatic imine (C=N–C) groups is 1. The van der Waals surface area contributed by atoms with Gasteiger partial charge in [-0.25, -0.2) is 0 Å². The van der Waals surface area contributed by atoms with Gasteiger partial charge >= 0.3 is 0 Å². The molecule has 2 heterocycles. The van der Waals surface area contributed by atoms with Crippen LogP contribution in [0.5, 0.6) is 0 Å². The largest absolute Gasteiger partial charge is 0.258 e. The van der Waals surface area contributed by atoms with Gasteiger partial charge in [0.1, 0.15) is 0 Å². The monoisotopic (exact) mass is 218 g/mol. The predicted octanol–water partition coefficient (Wildman–Crippen LogP) is 3.65. The quantitative estimate of drug-likeness (QED) is 0.529. The summed E-state index contributed by atoms with van der Waals surface area (Å²) in [5, 5.41) is 3.68. The summed E-state index contributed by atoms with van der Waals surface area (Å²) in [5.74, 6) is 0. The van der Waals surface area contributed by atoms with Crippen molar-refractivity contribution in [3.63, 3.8) is 0 Å². The molecule has 0 radical (unpaired) electrons. The molecule has 0 unspecified atom stereocenters. The number of hydrogen-bond donors (Lipinski definition) is 0. The number of aromatic nitrogens is 1. The summed E-state index contributed by atoms with van der Waals surface area (Å²) in [4.78, 5) is 9.02. The Bertz CT molecular complexity index is 772. The van der Waals surface area contributed by atoms with E-state index in [0.29, 0.717) is 0 Å². The number of fused-ring (bicyclic) bond motifs is 2. The Morgan fingerprint density at radius 2 is 1.94 bits per heavy atom. The van der Waals surface area contributed by atoms with Crippen molar-refractivity contribution in [2.75, 3.05) is 0 Å². The van der Waals surface area contributed by atoms with Crippen LogP contribution in [0.2, 0.25) is 0 Å². The van der Waals surface area contributed by atoms with Gasteiger partial charge in [-0.1, -0.05) is 24.3 Å². The number of benzene rings is 2. The van der Waals surface area contributed by atoms with Gasteiger partial charge in [-0.3, -0.25) is 9.98 Å². The Balaban J connectivity index is 2.34. The van der Waals surface area contributed by atoms with Crippen LogP contribution in [0.4, 0.5) is 5.69 Å². The number of nitrogens with zero attached hydrogens (tertiary/aromatic N) is 2. The van der Waals surface area contributed by atoms with E-state index < -0.39 is 0 Å². The standard InChI is InChI=1S/C15H10N2/c1-3-10-6-8-17-15-13(10)11(4-1)9-12-5-2-7-16-14(12)15/h1-5,7-9H,6H2. The van der Waals surface area contributed by atoms with Crippen LogP contribution in [0, 0.1) is 0 Å². The summed E-state index contributed by atoms with van der Waals surface area (Å²) in [6.45, 7) is 0. The van der Waals surface area contributed by atoms with E-state index in [1.807, 2.05) is 18.5 Å². The highest BCUT2D eigenvalue weighted by Crippen LogP contribution is 2.37. The van der Waals surface area contributed by atoms with Gasteiger partial charge in [-0.2, -0.15) is 0 Å². The van der Waals surface area contributed by atoms with E-state index in [0.717, 1.165) is 23.0 Å². The van der Waals surface area contributed by atoms with Crippen LogP contribution in [0.25, 0.3) is 21.7 Å². The van der Waals surface area contributed by atoms with Gasteiger partial charge in [-0.05, 0) is 23.1 Å². The summed E-state index contributed by atoms with van der Waals surface area (Å²) in [5.41, 5.74) is 3.38. The molecular weight excluding hydrogens is 208 g/mol. The summed E-state index contributed by atoms with van der Waals surface area (Å²) in [7, 11) is 0. The van der Waals surface area contributed by atoms with Gasteiger partial charge in [0.2, 0.25) is 0 Å². The molecule has 0 atom stereocenters. The SMILES string of the molecule is C1=Nc2c3ncccc3cc3cccc(c23)C1. The van der Waals surface area contributed by atoms with Gasteiger partial charge in [0.15, 0.2) is 0 Å². The van der Waals surface area contributed by atoms with Crippen molar-refractivity contribution in [3.8, 4) is 0 Å². The third kappa shape index (κ3) is 1.15. The normalized spacial score (nSPS) is 13.4. The molecular formula is C15H10N2. The number of pyridine rings is 1. The second-order valence-electron chi connectivity index (χ2n) is 4.33. The van der Waals surface area contributed by atoms with E-state index in [9.17, 15) is 0 Å². The van der Waals surface area contributed by atoms with Crippen molar-refractivity contribution in [3.05, 3.63) is 48.2 Å². The van der Waals surface area contributed by atoms with E-state index in [4.69, 9.17) is 0 Å². The Labute approximate surface area is 98.6 Å². The molecule has 0 saturated heterocycles. The number of hydrogen-bond acceptors (Lipinski definition) is 2. The maximum absolute atomic E-state index is 4.55. The van der Waals surface area contributed by atoms with Gasteiger partial charge < -0.3 is 0 Å². The molecule has 3 aromatic rings. The Morgan fingerprint density at radius 3 is 2.94 bits per heavy atom. The second kappa shape index (κ2) is 3.14. The van der Waals surface area contributed by atoms with E-state index in [1.165, 1.54) is 16.3 Å². The molecule has 0 N–H and O–H groups in total. The van der Waals surface area contributed by atoms with Crippen LogP contribution in [0.3, 0.4) is 0 Å². The minimum atomic E-state index is 0.919. The van der Waals surface area contributed by atoms with Gasteiger partial charge in [0.25, 0.3) is 0 Å². The third-order valence-electron chi connectivity index (χ3n) is 3.33. The third-order valence-corrected chi connectivity index (χ3v) is 3.33. The highest BCUT2D eigenvalue weighted by Gasteiger charge is 2.13. The zero-order valence-corrected chi connectivity index (χ0v) is 9.22. The lowest BCUT2D eigenvalue weighted by molar-refractivity contribution is 1.33. The Morgan fingerprint density at radius 1 is 1.00 bits per heavy atom. The van der Waals surface area contributed by atoms with Crippen LogP contribution in [-0.2, 0) is 6.42 Å². The van der Waals surface area contributed by atoms with Gasteiger partial charge in [0, 0.05) is 29.6 Å². The zero-order valence-electron chi connectivity index (χ0n) is 9.22. The van der Waals surface area contributed by atoms with Crippen molar-refractivity contribution < 1.29 is 0 Å². The molecule has 0 aliphatic carbocycles. The molecule has 0 saturated carbocycles. The first kappa shape index (κ1) is 8.88. The lowest BCUT2D eigenvalue weighted by Crippen LogP contribution is -1.95. The van der Waals surface area contributed by atoms with Crippen molar-refractivity contribution in [1.29, 1.82) is 0 Å². The lowest BCUT2D eigenvalue weighted by Gasteiger charge is -2.13. The van der Waals surface area contributed by atoms with Crippen molar-refractivity contribution in [1.82, 2.24) is 4.98 Å². The molecule has 0 spiro atoms. The van der Waals surface area contributed by atoms with Crippen LogP contribution >= 0.6 is 0 Å². The summed E-state index contributed by atoms with van der Waals surface area (Å²) >= 11 is 0. The average molecular weight is 218 g/mol. The molecule has 80 valence electrons. The second-order valence-corrected chi connectivity index (χ2v) is 4.33. The van der Waals surface area contributed by atoms with Crippen molar-refractivity contribution in [2.24, 2.45) is 4.99 Å². The summed E-state index contributed by atoms with van der Waals surface area (Å²) < 4.78 is 0. The molecule has 2 heteroatoms. The molecule has 1 aliphatic rings. The van der Waals surface area contributed by atoms with Gasteiger partial charge in [-0.15, -0.1) is 0 Å². The fraction of sp³-hybridized carbons (Fsp3) is 0.0667. The van der Waals surface area contributed by atoms with Gasteiger partial charge in [0.05, 0.1) is 11.2 Å². The summed E-state index contributed by atoms with van der Waals surface area (Å²) in [6.07, 6.45) is 4.73. The van der Waals surface area contributed by atoms with Crippen LogP contribution in [0.1, 0.15) is 5.56 Å². The Kier molecular flexibility index (Phi) is 1.64. The van der Waals surface area contributed by atoms with Crippen LogP contribution in [0.15, 0.2) is 47.6 Å². The van der Waals surface area contributed by atoms with Crippen LogP contribution in [-0.4, -0.2) is 11.2 Å². The fourth-order valence-electron chi connectivity index (χ4n) is 2.58. The van der Waals surface area contributed by atoms with E-state index in [2.05, 4.69) is 40.3 Å². The maximum Gasteiger partial charge on any atom is 0.0969 e. The fourth-order valence-corrected chi connectivity index (χ4v) is 2.58. The van der Waals surface area contributed by atoms with Crippen LogP contribution < -0.4 is 0 Å². The van der Waals surface area contributed by atoms with E-state index in [1.54, 1.807) is 0 Å². The molecule has 2 nitrogen and oxygen atoms in total. The zero-order chi connectivity index (χ0) is 11.2. The molecule has 0 fully saturated rings. The predicted molar refractivity (Wildman–Crippen MR) is 71.1 cm³/mol. The molecule has 17 heavy (non-hydrogen) atoms. The van der Waals surface area contributed by atoms with Crippen molar-refractivity contribution >= 4 is 33.6 Å². The molecule has 4 rings (SSSR count). The van der Waals surface area contributed by atoms with Crippen molar-refractivity contribution in [2.45, 2.75) is 6.42 Å². The smallest absolute Gasteiger partial charge is 0.0969 e. The first-order valence-corrected chi connectivity index (χ1v) is 5.75. The van der Waals surface area contributed by atoms with E-state index >= 15 is 0 Å². The number of rotatable bonds is 0. The first-order chi connectivity index (χ1) is 8.43. The molecule has 2 aromatic carbocycles. The minimum Gasteiger partial charge on any atom is -0.258 e.